The van der Waals surface area contributed by atoms with Crippen molar-refractivity contribution in [3.8, 4) is 0 Å². The summed E-state index contributed by atoms with van der Waals surface area (Å²) in [5, 5.41) is 24.5. The summed E-state index contributed by atoms with van der Waals surface area (Å²) in [4.78, 5) is 14.9. The summed E-state index contributed by atoms with van der Waals surface area (Å²) in [5.74, 6) is -1.30. The molecule has 0 radical (unpaired) electrons. The topological polar surface area (TPSA) is 90.6 Å². The molecule has 0 rings (SSSR count). The van der Waals surface area contributed by atoms with Crippen LogP contribution < -0.4 is 0 Å². The van der Waals surface area contributed by atoms with Crippen LogP contribution in [0.15, 0.2) is 0 Å². The Hall–Kier alpha value is -1.10. The molecule has 1 unspecified atom stereocenters. The molecule has 0 amide bonds. The monoisotopic (exact) mass is 287 g/mol. The highest BCUT2D eigenvalue weighted by atomic mass is 17.1. The zero-order valence-corrected chi connectivity index (χ0v) is 12.6. The molecular weight excluding hydrogens is 258 g/mol. The molecule has 0 bridgehead atoms. The molecule has 0 spiro atoms. The van der Waals surface area contributed by atoms with Gasteiger partial charge < -0.3 is 9.99 Å². The fourth-order valence-electron chi connectivity index (χ4n) is 2.29. The average molecular weight is 287 g/mol. The first-order valence-electron chi connectivity index (χ1n) is 7.73. The molecule has 1 atom stereocenters. The number of rotatable bonds is 13. The second-order valence-corrected chi connectivity index (χ2v) is 5.35. The molecule has 5 heteroatoms. The molecule has 0 aliphatic carbocycles. The van der Waals surface area contributed by atoms with Crippen LogP contribution in [0.3, 0.4) is 0 Å². The Morgan fingerprint density at radius 3 is 2.15 bits per heavy atom. The summed E-state index contributed by atoms with van der Waals surface area (Å²) in [6, 6.07) is 0. The number of unbranched alkanes of at least 4 members (excludes halogenated alkanes) is 6. The molecule has 3 N–H and O–H groups in total. The van der Waals surface area contributed by atoms with Gasteiger partial charge in [-0.05, 0) is 19.3 Å². The number of carboxylic acid groups (broad SMARTS) is 1. The van der Waals surface area contributed by atoms with Crippen LogP contribution in [0.5, 0.6) is 0 Å². The first-order valence-corrected chi connectivity index (χ1v) is 7.73. The van der Waals surface area contributed by atoms with Gasteiger partial charge in [0.05, 0.1) is 5.92 Å². The van der Waals surface area contributed by atoms with E-state index in [-0.39, 0.29) is 18.2 Å². The van der Waals surface area contributed by atoms with E-state index in [9.17, 15) is 4.79 Å². The molecule has 0 aliphatic rings. The summed E-state index contributed by atoms with van der Waals surface area (Å²) < 4.78 is 0. The first-order chi connectivity index (χ1) is 9.61. The van der Waals surface area contributed by atoms with Gasteiger partial charge in [-0.15, -0.1) is 0 Å². The molecule has 118 valence electrons. The largest absolute Gasteiger partial charge is 0.481 e. The number of aliphatic carboxylic acids is 1. The fraction of sp³-hybridized carbons (Fsp3) is 0.867. The van der Waals surface area contributed by atoms with Crippen molar-refractivity contribution >= 4 is 11.9 Å². The number of nitrogens with one attached hydrogen (secondary N) is 1. The van der Waals surface area contributed by atoms with Crippen LogP contribution in [0.4, 0.5) is 0 Å². The number of carboxylic acids is 1. The third-order valence-electron chi connectivity index (χ3n) is 3.57. The van der Waals surface area contributed by atoms with Crippen molar-refractivity contribution in [3.63, 3.8) is 0 Å². The molecule has 0 saturated heterocycles. The molecule has 0 saturated carbocycles. The van der Waals surface area contributed by atoms with Gasteiger partial charge in [0.15, 0.2) is 0 Å². The van der Waals surface area contributed by atoms with Crippen LogP contribution in [-0.4, -0.2) is 22.2 Å². The molecule has 0 aromatic carbocycles. The van der Waals surface area contributed by atoms with Crippen molar-refractivity contribution in [1.29, 1.82) is 5.41 Å². The van der Waals surface area contributed by atoms with Crippen LogP contribution in [0, 0.1) is 11.3 Å². The summed E-state index contributed by atoms with van der Waals surface area (Å²) in [6.07, 6.45) is 10.4. The van der Waals surface area contributed by atoms with Crippen molar-refractivity contribution in [1.82, 2.24) is 0 Å². The Labute approximate surface area is 121 Å². The molecular formula is C15H29NO4. The maximum Gasteiger partial charge on any atom is 0.306 e. The molecule has 0 fully saturated rings. The molecule has 5 nitrogen and oxygen atoms in total. The first kappa shape index (κ1) is 18.9. The predicted octanol–water partition coefficient (Wildman–Crippen LogP) is 4.47. The van der Waals surface area contributed by atoms with Crippen molar-refractivity contribution < 1.29 is 20.0 Å². The van der Waals surface area contributed by atoms with E-state index in [1.165, 1.54) is 32.1 Å². The number of hydrogen-bond donors (Lipinski definition) is 3. The lowest BCUT2D eigenvalue weighted by molar-refractivity contribution is -0.158. The molecule has 0 heterocycles. The fourth-order valence-corrected chi connectivity index (χ4v) is 2.29. The highest BCUT2D eigenvalue weighted by Gasteiger charge is 2.16. The van der Waals surface area contributed by atoms with Gasteiger partial charge in [0.2, 0.25) is 5.90 Å². The predicted molar refractivity (Wildman–Crippen MR) is 79.0 cm³/mol. The van der Waals surface area contributed by atoms with E-state index in [0.29, 0.717) is 19.3 Å². The maximum atomic E-state index is 11.1. The van der Waals surface area contributed by atoms with Crippen LogP contribution >= 0.6 is 0 Å². The van der Waals surface area contributed by atoms with Crippen molar-refractivity contribution in [2.24, 2.45) is 5.92 Å². The normalized spacial score (nSPS) is 12.1. The second kappa shape index (κ2) is 12.9. The third kappa shape index (κ3) is 10.8. The SMILES string of the molecule is CCCCCCCCCC(CCCC(=N)OO)C(=O)O. The maximum absolute atomic E-state index is 11.1. The van der Waals surface area contributed by atoms with Gasteiger partial charge in [-0.3, -0.25) is 10.2 Å². The Morgan fingerprint density at radius 1 is 1.05 bits per heavy atom. The minimum atomic E-state index is -0.757. The van der Waals surface area contributed by atoms with E-state index in [1.54, 1.807) is 0 Å². The van der Waals surface area contributed by atoms with Gasteiger partial charge in [0.1, 0.15) is 0 Å². The second-order valence-electron chi connectivity index (χ2n) is 5.35. The minimum absolute atomic E-state index is 0.204. The Bertz CT molecular complexity index is 269. The lowest BCUT2D eigenvalue weighted by Crippen LogP contribution is -2.14. The average Bonchev–Trinajstić information content (AvgIpc) is 2.43. The number of hydrogen-bond acceptors (Lipinski definition) is 4. The Morgan fingerprint density at radius 2 is 1.60 bits per heavy atom. The van der Waals surface area contributed by atoms with Crippen molar-refractivity contribution in [2.75, 3.05) is 0 Å². The standard InChI is InChI=1S/C15H29NO4/c1-2-3-4-5-6-7-8-10-13(15(17)18)11-9-12-14(16)20-19/h13,16,19H,2-12H2,1H3,(H,17,18). The quantitative estimate of drug-likeness (QED) is 0.153. The van der Waals surface area contributed by atoms with Gasteiger partial charge in [-0.2, -0.15) is 0 Å². The summed E-state index contributed by atoms with van der Waals surface area (Å²) in [7, 11) is 0. The summed E-state index contributed by atoms with van der Waals surface area (Å²) >= 11 is 0. The van der Waals surface area contributed by atoms with Gasteiger partial charge in [-0.25, -0.2) is 5.26 Å². The van der Waals surface area contributed by atoms with E-state index < -0.39 is 5.97 Å². The lowest BCUT2D eigenvalue weighted by Gasteiger charge is -2.11. The zero-order valence-electron chi connectivity index (χ0n) is 12.6. The van der Waals surface area contributed by atoms with Crippen LogP contribution in [0.2, 0.25) is 0 Å². The minimum Gasteiger partial charge on any atom is -0.481 e. The summed E-state index contributed by atoms with van der Waals surface area (Å²) in [5.41, 5.74) is 0. The van der Waals surface area contributed by atoms with E-state index in [2.05, 4.69) is 11.8 Å². The van der Waals surface area contributed by atoms with E-state index in [0.717, 1.165) is 12.8 Å². The van der Waals surface area contributed by atoms with Crippen molar-refractivity contribution in [2.45, 2.75) is 77.6 Å². The third-order valence-corrected chi connectivity index (χ3v) is 3.57. The Kier molecular flexibility index (Phi) is 12.2. The van der Waals surface area contributed by atoms with Crippen LogP contribution in [-0.2, 0) is 9.68 Å². The van der Waals surface area contributed by atoms with E-state index >= 15 is 0 Å². The smallest absolute Gasteiger partial charge is 0.306 e. The van der Waals surface area contributed by atoms with Crippen molar-refractivity contribution in [3.05, 3.63) is 0 Å². The van der Waals surface area contributed by atoms with Gasteiger partial charge >= 0.3 is 5.97 Å². The number of carbonyl (C=O) groups is 1. The lowest BCUT2D eigenvalue weighted by atomic mass is 9.95. The van der Waals surface area contributed by atoms with Crippen LogP contribution in [0.25, 0.3) is 0 Å². The van der Waals surface area contributed by atoms with E-state index in [4.69, 9.17) is 15.8 Å². The van der Waals surface area contributed by atoms with Crippen LogP contribution in [0.1, 0.15) is 77.6 Å². The zero-order chi connectivity index (χ0) is 15.2. The molecule has 0 aromatic rings. The van der Waals surface area contributed by atoms with Gasteiger partial charge in [-0.1, -0.05) is 51.9 Å². The van der Waals surface area contributed by atoms with Gasteiger partial charge in [0.25, 0.3) is 0 Å². The Balaban J connectivity index is 3.65. The highest BCUT2D eigenvalue weighted by molar-refractivity contribution is 5.72. The van der Waals surface area contributed by atoms with Gasteiger partial charge in [0, 0.05) is 6.42 Å². The molecule has 20 heavy (non-hydrogen) atoms. The highest BCUT2D eigenvalue weighted by Crippen LogP contribution is 2.18. The molecule has 0 aromatic heterocycles. The van der Waals surface area contributed by atoms with E-state index in [1.807, 2.05) is 0 Å². The summed E-state index contributed by atoms with van der Waals surface area (Å²) in [6.45, 7) is 2.19. The molecule has 0 aliphatic heterocycles.